The minimum absolute atomic E-state index is 0.291. The molecular weight excluding hydrogens is 376 g/mol. The van der Waals surface area contributed by atoms with Crippen LogP contribution >= 0.6 is 0 Å². The molecule has 3 aromatic rings. The van der Waals surface area contributed by atoms with Crippen LogP contribution in [-0.4, -0.2) is 40.4 Å². The molecule has 2 heterocycles. The van der Waals surface area contributed by atoms with Gasteiger partial charge in [-0.2, -0.15) is 0 Å². The number of aromatic nitrogens is 1. The lowest BCUT2D eigenvalue weighted by Gasteiger charge is -2.27. The van der Waals surface area contributed by atoms with Crippen LogP contribution in [0.1, 0.15) is 36.4 Å². The Bertz CT molecular complexity index is 870. The standard InChI is InChI=1S/C25H34N2O3/c1-20(2)14-26(17-24(28)18-29-19-25-11-7-13-30-25)16-23-10-6-12-27(23)15-22-9-5-4-8-21(22)3/h4-13,20,24,28H,14-19H2,1-3H3/t24-/m0/s1. The van der Waals surface area contributed by atoms with E-state index in [-0.39, 0.29) is 0 Å². The summed E-state index contributed by atoms with van der Waals surface area (Å²) in [5.41, 5.74) is 3.89. The van der Waals surface area contributed by atoms with Gasteiger partial charge >= 0.3 is 0 Å². The Balaban J connectivity index is 1.58. The third-order valence-electron chi connectivity index (χ3n) is 5.14. The number of aryl methyl sites for hydroxylation is 1. The molecule has 5 nitrogen and oxygen atoms in total. The first-order chi connectivity index (χ1) is 14.5. The maximum Gasteiger partial charge on any atom is 0.129 e. The summed E-state index contributed by atoms with van der Waals surface area (Å²) in [4.78, 5) is 2.31. The highest BCUT2D eigenvalue weighted by atomic mass is 16.5. The van der Waals surface area contributed by atoms with Crippen molar-refractivity contribution < 1.29 is 14.3 Å². The van der Waals surface area contributed by atoms with Crippen LogP contribution in [0, 0.1) is 12.8 Å². The number of furan rings is 1. The smallest absolute Gasteiger partial charge is 0.129 e. The fourth-order valence-corrected chi connectivity index (χ4v) is 3.71. The molecule has 0 radical (unpaired) electrons. The van der Waals surface area contributed by atoms with Gasteiger partial charge in [-0.25, -0.2) is 0 Å². The third kappa shape index (κ3) is 6.87. The molecule has 0 aliphatic heterocycles. The number of aliphatic hydroxyl groups is 1. The summed E-state index contributed by atoms with van der Waals surface area (Å²) < 4.78 is 13.2. The van der Waals surface area contributed by atoms with E-state index in [9.17, 15) is 5.11 Å². The molecule has 0 unspecified atom stereocenters. The monoisotopic (exact) mass is 410 g/mol. The summed E-state index contributed by atoms with van der Waals surface area (Å²) in [6, 6.07) is 16.5. The molecule has 0 saturated heterocycles. The highest BCUT2D eigenvalue weighted by molar-refractivity contribution is 5.26. The first-order valence-corrected chi connectivity index (χ1v) is 10.7. The van der Waals surface area contributed by atoms with Gasteiger partial charge in [0.1, 0.15) is 12.4 Å². The number of hydrogen-bond donors (Lipinski definition) is 1. The van der Waals surface area contributed by atoms with Gasteiger partial charge in [-0.15, -0.1) is 0 Å². The summed E-state index contributed by atoms with van der Waals surface area (Å²) in [6.45, 7) is 10.4. The zero-order valence-corrected chi connectivity index (χ0v) is 18.3. The van der Waals surface area contributed by atoms with Crippen LogP contribution in [0.4, 0.5) is 0 Å². The van der Waals surface area contributed by atoms with E-state index in [0.717, 1.165) is 25.4 Å². The number of rotatable bonds is 12. The summed E-state index contributed by atoms with van der Waals surface area (Å²) >= 11 is 0. The Morgan fingerprint density at radius 1 is 1.07 bits per heavy atom. The number of ether oxygens (including phenoxy) is 1. The summed E-state index contributed by atoms with van der Waals surface area (Å²) in [6.07, 6.45) is 3.22. The molecule has 3 rings (SSSR count). The van der Waals surface area contributed by atoms with Gasteiger partial charge in [-0.1, -0.05) is 38.1 Å². The third-order valence-corrected chi connectivity index (χ3v) is 5.14. The summed E-state index contributed by atoms with van der Waals surface area (Å²) in [7, 11) is 0. The van der Waals surface area contributed by atoms with Crippen LogP contribution in [0.25, 0.3) is 0 Å². The fraction of sp³-hybridized carbons (Fsp3) is 0.440. The lowest BCUT2D eigenvalue weighted by Crippen LogP contribution is -2.37. The van der Waals surface area contributed by atoms with Crippen molar-refractivity contribution in [2.24, 2.45) is 5.92 Å². The van der Waals surface area contributed by atoms with Gasteiger partial charge in [0.05, 0.1) is 19.0 Å². The number of aliphatic hydroxyl groups excluding tert-OH is 1. The van der Waals surface area contributed by atoms with Crippen molar-refractivity contribution in [3.8, 4) is 0 Å². The second kappa shape index (κ2) is 11.2. The van der Waals surface area contributed by atoms with Gasteiger partial charge < -0.3 is 18.8 Å². The molecule has 0 aliphatic rings. The van der Waals surface area contributed by atoms with E-state index in [2.05, 4.69) is 72.8 Å². The lowest BCUT2D eigenvalue weighted by molar-refractivity contribution is 0.00193. The molecule has 2 aromatic heterocycles. The molecule has 0 fully saturated rings. The van der Waals surface area contributed by atoms with Crippen molar-refractivity contribution in [2.75, 3.05) is 19.7 Å². The van der Waals surface area contributed by atoms with Crippen molar-refractivity contribution in [3.63, 3.8) is 0 Å². The molecule has 1 N–H and O–H groups in total. The zero-order chi connectivity index (χ0) is 21.3. The van der Waals surface area contributed by atoms with Crippen LogP contribution < -0.4 is 0 Å². The molecule has 1 aromatic carbocycles. The maximum absolute atomic E-state index is 10.5. The van der Waals surface area contributed by atoms with Gasteiger partial charge in [0.2, 0.25) is 0 Å². The van der Waals surface area contributed by atoms with Gasteiger partial charge in [0.25, 0.3) is 0 Å². The molecule has 0 aliphatic carbocycles. The van der Waals surface area contributed by atoms with Gasteiger partial charge in [0, 0.05) is 38.1 Å². The van der Waals surface area contributed by atoms with Crippen LogP contribution in [0.15, 0.2) is 65.4 Å². The normalized spacial score (nSPS) is 12.7. The van der Waals surface area contributed by atoms with Crippen molar-refractivity contribution >= 4 is 0 Å². The van der Waals surface area contributed by atoms with E-state index in [4.69, 9.17) is 9.15 Å². The first kappa shape index (κ1) is 22.3. The molecule has 1 atom stereocenters. The molecule has 162 valence electrons. The van der Waals surface area contributed by atoms with Gasteiger partial charge in [-0.3, -0.25) is 4.90 Å². The fourth-order valence-electron chi connectivity index (χ4n) is 3.71. The van der Waals surface area contributed by atoms with Crippen molar-refractivity contribution in [1.29, 1.82) is 0 Å². The van der Waals surface area contributed by atoms with Crippen LogP contribution in [-0.2, 0) is 24.4 Å². The van der Waals surface area contributed by atoms with E-state index < -0.39 is 6.10 Å². The molecular formula is C25H34N2O3. The Morgan fingerprint density at radius 3 is 2.63 bits per heavy atom. The second-order valence-corrected chi connectivity index (χ2v) is 8.39. The Labute approximate surface area is 179 Å². The topological polar surface area (TPSA) is 50.8 Å². The Hall–Kier alpha value is -2.34. The minimum Gasteiger partial charge on any atom is -0.467 e. The van der Waals surface area contributed by atoms with E-state index in [1.54, 1.807) is 6.26 Å². The summed E-state index contributed by atoms with van der Waals surface area (Å²) in [5, 5.41) is 10.5. The van der Waals surface area contributed by atoms with E-state index in [1.807, 2.05) is 12.1 Å². The molecule has 0 saturated carbocycles. The predicted molar refractivity (Wildman–Crippen MR) is 119 cm³/mol. The highest BCUT2D eigenvalue weighted by Crippen LogP contribution is 2.15. The first-order valence-electron chi connectivity index (χ1n) is 10.7. The van der Waals surface area contributed by atoms with Gasteiger partial charge in [0.15, 0.2) is 0 Å². The summed E-state index contributed by atoms with van der Waals surface area (Å²) in [5.74, 6) is 1.29. The molecule has 5 heteroatoms. The average molecular weight is 411 g/mol. The molecule has 30 heavy (non-hydrogen) atoms. The van der Waals surface area contributed by atoms with Crippen LogP contribution in [0.3, 0.4) is 0 Å². The van der Waals surface area contributed by atoms with Crippen LogP contribution in [0.5, 0.6) is 0 Å². The van der Waals surface area contributed by atoms with Crippen molar-refractivity contribution in [3.05, 3.63) is 83.6 Å². The largest absolute Gasteiger partial charge is 0.467 e. The van der Waals surface area contributed by atoms with E-state index in [0.29, 0.717) is 25.7 Å². The highest BCUT2D eigenvalue weighted by Gasteiger charge is 2.16. The zero-order valence-electron chi connectivity index (χ0n) is 18.3. The molecule has 0 spiro atoms. The average Bonchev–Trinajstić information content (AvgIpc) is 3.35. The molecule has 0 amide bonds. The SMILES string of the molecule is Cc1ccccc1Cn1cccc1CN(CC(C)C)C[C@H](O)COCc1ccco1. The van der Waals surface area contributed by atoms with E-state index in [1.165, 1.54) is 16.8 Å². The number of nitrogens with zero attached hydrogens (tertiary/aromatic N) is 2. The van der Waals surface area contributed by atoms with E-state index >= 15 is 0 Å². The minimum atomic E-state index is -0.543. The Morgan fingerprint density at radius 2 is 1.90 bits per heavy atom. The van der Waals surface area contributed by atoms with Crippen LogP contribution in [0.2, 0.25) is 0 Å². The van der Waals surface area contributed by atoms with Crippen molar-refractivity contribution in [2.45, 2.75) is 46.6 Å². The number of hydrogen-bond acceptors (Lipinski definition) is 4. The predicted octanol–water partition coefficient (Wildman–Crippen LogP) is 4.47. The Kier molecular flexibility index (Phi) is 8.31. The quantitative estimate of drug-likeness (QED) is 0.479. The lowest BCUT2D eigenvalue weighted by atomic mass is 10.1. The molecule has 0 bridgehead atoms. The van der Waals surface area contributed by atoms with Crippen molar-refractivity contribution in [1.82, 2.24) is 9.47 Å². The second-order valence-electron chi connectivity index (χ2n) is 8.39. The number of benzene rings is 1. The maximum atomic E-state index is 10.5. The van der Waals surface area contributed by atoms with Gasteiger partial charge in [-0.05, 0) is 48.2 Å².